The second kappa shape index (κ2) is 10.8. The molecule has 2 rings (SSSR count). The molecular weight excluding hydrogens is 388 g/mol. The molecule has 0 aliphatic carbocycles. The predicted molar refractivity (Wildman–Crippen MR) is 117 cm³/mol. The highest BCUT2D eigenvalue weighted by Crippen LogP contribution is 2.13. The fraction of sp³-hybridized carbons (Fsp3) is 0.381. The number of nitrogens with one attached hydrogen (secondary N) is 2. The smallest absolute Gasteiger partial charge is 0.215 e. The Morgan fingerprint density at radius 1 is 1.03 bits per heavy atom. The van der Waals surface area contributed by atoms with E-state index in [1.807, 2.05) is 67.4 Å². The van der Waals surface area contributed by atoms with Crippen molar-refractivity contribution in [1.29, 1.82) is 0 Å². The lowest BCUT2D eigenvalue weighted by atomic mass is 10.1. The lowest BCUT2D eigenvalue weighted by Crippen LogP contribution is -2.38. The largest absolute Gasteiger partial charge is 0.494 e. The summed E-state index contributed by atoms with van der Waals surface area (Å²) in [5.74, 6) is 1.62. The summed E-state index contributed by atoms with van der Waals surface area (Å²) >= 11 is 0. The highest BCUT2D eigenvalue weighted by atomic mass is 32.2. The van der Waals surface area contributed by atoms with Gasteiger partial charge in [-0.1, -0.05) is 36.4 Å². The second-order valence-electron chi connectivity index (χ2n) is 6.61. The van der Waals surface area contributed by atoms with Crippen molar-refractivity contribution in [2.45, 2.75) is 25.8 Å². The van der Waals surface area contributed by atoms with Crippen molar-refractivity contribution in [2.24, 2.45) is 4.99 Å². The molecule has 0 saturated heterocycles. The molecule has 0 aliphatic heterocycles. The number of sulfonamides is 1. The zero-order valence-corrected chi connectivity index (χ0v) is 18.3. The van der Waals surface area contributed by atoms with Crippen molar-refractivity contribution in [2.75, 3.05) is 27.7 Å². The van der Waals surface area contributed by atoms with E-state index in [1.54, 1.807) is 7.05 Å². The molecule has 0 bridgehead atoms. The Bertz CT molecular complexity index is 895. The molecule has 7 nitrogen and oxygen atoms in total. The first kappa shape index (κ1) is 22.7. The van der Waals surface area contributed by atoms with Crippen LogP contribution < -0.4 is 14.8 Å². The monoisotopic (exact) mass is 418 g/mol. The molecular formula is C21H30N4O3S. The minimum Gasteiger partial charge on any atom is -0.494 e. The number of ether oxygens (including phenoxy) is 1. The molecule has 0 spiro atoms. The fourth-order valence-electron chi connectivity index (χ4n) is 2.82. The van der Waals surface area contributed by atoms with E-state index in [9.17, 15) is 8.42 Å². The van der Waals surface area contributed by atoms with E-state index in [0.717, 1.165) is 28.4 Å². The number of guanidine groups is 1. The predicted octanol–water partition coefficient (Wildman–Crippen LogP) is 2.34. The molecule has 158 valence electrons. The molecule has 0 saturated carbocycles. The number of aliphatic imine (C=N–C) groups is 1. The molecule has 0 heterocycles. The molecule has 0 unspecified atom stereocenters. The van der Waals surface area contributed by atoms with Crippen LogP contribution >= 0.6 is 0 Å². The fourth-order valence-corrected chi connectivity index (χ4v) is 3.59. The third-order valence-electron chi connectivity index (χ3n) is 4.37. The summed E-state index contributed by atoms with van der Waals surface area (Å²) in [5.41, 5.74) is 2.96. The Balaban J connectivity index is 1.90. The highest BCUT2D eigenvalue weighted by molar-refractivity contribution is 7.88. The third kappa shape index (κ3) is 7.40. The normalized spacial score (nSPS) is 11.9. The lowest BCUT2D eigenvalue weighted by Gasteiger charge is -2.22. The average molecular weight is 419 g/mol. The number of hydrogen-bond acceptors (Lipinski definition) is 4. The topological polar surface area (TPSA) is 83.0 Å². The Labute approximate surface area is 173 Å². The molecule has 0 atom stereocenters. The lowest BCUT2D eigenvalue weighted by molar-refractivity contribution is 0.340. The SMILES string of the molecule is CCOc1ccc(CN(C)C(=NC)NCc2ccc(CS(=O)(=O)NC)cc2)cc1. The summed E-state index contributed by atoms with van der Waals surface area (Å²) in [6, 6.07) is 15.5. The van der Waals surface area contributed by atoms with Crippen molar-refractivity contribution in [1.82, 2.24) is 14.9 Å². The van der Waals surface area contributed by atoms with Gasteiger partial charge in [-0.25, -0.2) is 13.1 Å². The van der Waals surface area contributed by atoms with E-state index in [1.165, 1.54) is 7.05 Å². The molecule has 2 N–H and O–H groups in total. The van der Waals surface area contributed by atoms with Crippen molar-refractivity contribution in [3.63, 3.8) is 0 Å². The van der Waals surface area contributed by atoms with E-state index >= 15 is 0 Å². The molecule has 29 heavy (non-hydrogen) atoms. The number of rotatable bonds is 9. The van der Waals surface area contributed by atoms with Crippen LogP contribution in [0, 0.1) is 0 Å². The van der Waals surface area contributed by atoms with Gasteiger partial charge in [-0.15, -0.1) is 0 Å². The van der Waals surface area contributed by atoms with Crippen LogP contribution in [0.3, 0.4) is 0 Å². The Hall–Kier alpha value is -2.58. The van der Waals surface area contributed by atoms with Gasteiger partial charge in [0.2, 0.25) is 10.0 Å². The maximum absolute atomic E-state index is 11.6. The van der Waals surface area contributed by atoms with Gasteiger partial charge >= 0.3 is 0 Å². The van der Waals surface area contributed by atoms with E-state index in [2.05, 4.69) is 15.0 Å². The van der Waals surface area contributed by atoms with E-state index < -0.39 is 10.0 Å². The van der Waals surface area contributed by atoms with Crippen LogP contribution in [0.15, 0.2) is 53.5 Å². The maximum atomic E-state index is 11.6. The summed E-state index contributed by atoms with van der Waals surface area (Å²) in [4.78, 5) is 6.39. The van der Waals surface area contributed by atoms with Crippen molar-refractivity contribution >= 4 is 16.0 Å². The highest BCUT2D eigenvalue weighted by Gasteiger charge is 2.09. The first-order chi connectivity index (χ1) is 13.9. The molecule has 2 aromatic carbocycles. The molecule has 0 amide bonds. The maximum Gasteiger partial charge on any atom is 0.215 e. The number of nitrogens with zero attached hydrogens (tertiary/aromatic N) is 2. The molecule has 0 fully saturated rings. The van der Waals surface area contributed by atoms with Crippen LogP contribution in [-0.2, 0) is 28.9 Å². The molecule has 2 aromatic rings. The molecule has 0 radical (unpaired) electrons. The second-order valence-corrected chi connectivity index (χ2v) is 8.54. The summed E-state index contributed by atoms with van der Waals surface area (Å²) in [6.45, 7) is 3.93. The number of hydrogen-bond donors (Lipinski definition) is 2. The summed E-state index contributed by atoms with van der Waals surface area (Å²) in [6.07, 6.45) is 0. The van der Waals surface area contributed by atoms with E-state index in [0.29, 0.717) is 19.7 Å². The van der Waals surface area contributed by atoms with Gasteiger partial charge < -0.3 is 15.0 Å². The Morgan fingerprint density at radius 2 is 1.62 bits per heavy atom. The number of benzene rings is 2. The van der Waals surface area contributed by atoms with Crippen LogP contribution in [0.5, 0.6) is 5.75 Å². The van der Waals surface area contributed by atoms with Gasteiger partial charge in [0.15, 0.2) is 5.96 Å². The van der Waals surface area contributed by atoms with Gasteiger partial charge in [0.25, 0.3) is 0 Å². The Morgan fingerprint density at radius 3 is 2.17 bits per heavy atom. The summed E-state index contributed by atoms with van der Waals surface area (Å²) in [7, 11) is 1.89. The average Bonchev–Trinajstić information content (AvgIpc) is 2.71. The summed E-state index contributed by atoms with van der Waals surface area (Å²) in [5, 5.41) is 3.34. The van der Waals surface area contributed by atoms with Gasteiger partial charge in [-0.3, -0.25) is 4.99 Å². The van der Waals surface area contributed by atoms with Gasteiger partial charge in [-0.05, 0) is 42.8 Å². The van der Waals surface area contributed by atoms with Gasteiger partial charge in [-0.2, -0.15) is 0 Å². The van der Waals surface area contributed by atoms with Gasteiger partial charge in [0.05, 0.1) is 12.4 Å². The molecule has 0 aromatic heterocycles. The minimum absolute atomic E-state index is 0.0241. The van der Waals surface area contributed by atoms with Crippen LogP contribution in [0.4, 0.5) is 0 Å². The first-order valence-electron chi connectivity index (χ1n) is 9.49. The summed E-state index contributed by atoms with van der Waals surface area (Å²) < 4.78 is 31.1. The first-order valence-corrected chi connectivity index (χ1v) is 11.1. The van der Waals surface area contributed by atoms with Crippen molar-refractivity contribution < 1.29 is 13.2 Å². The van der Waals surface area contributed by atoms with Crippen LogP contribution in [-0.4, -0.2) is 47.0 Å². The van der Waals surface area contributed by atoms with Crippen molar-refractivity contribution in [3.8, 4) is 5.75 Å². The van der Waals surface area contributed by atoms with E-state index in [4.69, 9.17) is 4.74 Å². The third-order valence-corrected chi connectivity index (χ3v) is 5.70. The Kier molecular flexibility index (Phi) is 8.48. The quantitative estimate of drug-likeness (QED) is 0.482. The van der Waals surface area contributed by atoms with Gasteiger partial charge in [0.1, 0.15) is 5.75 Å². The van der Waals surface area contributed by atoms with E-state index in [-0.39, 0.29) is 5.75 Å². The zero-order valence-electron chi connectivity index (χ0n) is 17.5. The standard InChI is InChI=1S/C21H30N4O3S/c1-5-28-20-12-10-18(11-13-20)15-25(4)21(22-2)24-14-17-6-8-19(9-7-17)16-29(26,27)23-3/h6-13,23H,5,14-16H2,1-4H3,(H,22,24). The molecule has 8 heteroatoms. The van der Waals surface area contributed by atoms with Gasteiger partial charge in [0, 0.05) is 27.2 Å². The van der Waals surface area contributed by atoms with Crippen LogP contribution in [0.2, 0.25) is 0 Å². The van der Waals surface area contributed by atoms with Crippen LogP contribution in [0.25, 0.3) is 0 Å². The molecule has 0 aliphatic rings. The van der Waals surface area contributed by atoms with Crippen molar-refractivity contribution in [3.05, 3.63) is 65.2 Å². The van der Waals surface area contributed by atoms with Crippen LogP contribution in [0.1, 0.15) is 23.6 Å². The zero-order chi connectivity index (χ0) is 21.3. The minimum atomic E-state index is -3.26.